The maximum absolute atomic E-state index is 2.61. The number of rotatable bonds is 4. The fraction of sp³-hybridized carbons (Fsp3) is 0.172. The topological polar surface area (TPSA) is 4.93 Å². The highest BCUT2D eigenvalue weighted by atomic mass is 32.1. The molecule has 2 heterocycles. The third kappa shape index (κ3) is 4.63. The first-order valence-electron chi connectivity index (χ1n) is 22.1. The van der Waals surface area contributed by atoms with Gasteiger partial charge in [-0.25, -0.2) is 0 Å². The van der Waals surface area contributed by atoms with Crippen LogP contribution in [0.2, 0.25) is 0 Å². The number of thiophene rings is 1. The minimum Gasteiger partial charge on any atom is -0.309 e. The molecule has 1 nitrogen and oxygen atoms in total. The van der Waals surface area contributed by atoms with Crippen molar-refractivity contribution in [1.29, 1.82) is 0 Å². The van der Waals surface area contributed by atoms with Crippen molar-refractivity contribution in [3.8, 4) is 50.2 Å². The predicted molar refractivity (Wildman–Crippen MR) is 253 cm³/mol. The summed E-state index contributed by atoms with van der Waals surface area (Å²) in [7, 11) is 0. The molecule has 2 aromatic heterocycles. The largest absolute Gasteiger partial charge is 0.309 e. The summed E-state index contributed by atoms with van der Waals surface area (Å²) in [6.07, 6.45) is 7.16. The van der Waals surface area contributed by atoms with E-state index in [0.717, 1.165) is 23.7 Å². The molecule has 0 atom stereocenters. The van der Waals surface area contributed by atoms with Gasteiger partial charge in [0.15, 0.2) is 0 Å². The Morgan fingerprint density at radius 1 is 0.383 bits per heavy atom. The van der Waals surface area contributed by atoms with Gasteiger partial charge < -0.3 is 4.57 Å². The average Bonchev–Trinajstić information content (AvgIpc) is 3.94. The first kappa shape index (κ1) is 33.6. The second-order valence-electron chi connectivity index (χ2n) is 18.5. The molecule has 4 fully saturated rings. The van der Waals surface area contributed by atoms with Crippen LogP contribution >= 0.6 is 11.3 Å². The molecule has 0 aliphatic heterocycles. The highest BCUT2D eigenvalue weighted by Crippen LogP contribution is 2.69. The fourth-order valence-electron chi connectivity index (χ4n) is 13.3. The normalized spacial score (nSPS) is 22.4. The molecule has 10 aromatic rings. The van der Waals surface area contributed by atoms with Gasteiger partial charge in [0.1, 0.15) is 0 Å². The summed E-state index contributed by atoms with van der Waals surface area (Å²) in [6, 6.07) is 67.0. The SMILES string of the molecule is c1ccc2c(c1)-c1ccc(-c3ccc(-c4ccc(-n5c6ccccc6c6ccc(-c7ccc8c(c7)sc7ccccc78)cc65)cc4)cc3)cc1C21C2CC3CC(C2)CC1C3. The number of hydrogen-bond donors (Lipinski definition) is 0. The number of fused-ring (bicyclic) bond motifs is 9. The highest BCUT2D eigenvalue weighted by molar-refractivity contribution is 7.25. The van der Waals surface area contributed by atoms with Gasteiger partial charge in [0.2, 0.25) is 0 Å². The van der Waals surface area contributed by atoms with Crippen LogP contribution in [0.5, 0.6) is 0 Å². The lowest BCUT2D eigenvalue weighted by Crippen LogP contribution is -2.55. The second kappa shape index (κ2) is 12.4. The molecule has 0 radical (unpaired) electrons. The van der Waals surface area contributed by atoms with E-state index in [9.17, 15) is 0 Å². The van der Waals surface area contributed by atoms with Crippen LogP contribution in [0.1, 0.15) is 43.2 Å². The molecule has 4 bridgehead atoms. The molecule has 286 valence electrons. The third-order valence-corrected chi connectivity index (χ3v) is 16.8. The summed E-state index contributed by atoms with van der Waals surface area (Å²) in [5.41, 5.74) is 17.7. The molecule has 5 aliphatic rings. The Kier molecular flexibility index (Phi) is 6.95. The summed E-state index contributed by atoms with van der Waals surface area (Å²) in [5, 5.41) is 5.24. The van der Waals surface area contributed by atoms with E-state index in [4.69, 9.17) is 0 Å². The molecule has 8 aromatic carbocycles. The van der Waals surface area contributed by atoms with Gasteiger partial charge in [0.25, 0.3) is 0 Å². The standard InChI is InChI=1S/C58H43NS/c1-4-10-52-46(7-1)47-24-19-40(32-53(47)58(52)43-28-35-27-36(30-43)31-44(58)29-35)39-15-13-37(14-16-39)38-17-22-45(23-18-38)59-54-11-5-2-8-48(54)49-25-20-41(33-55(49)59)42-21-26-51-50-9-3-6-12-56(50)60-57(51)34-42/h1-26,32-36,43-44H,27-31H2. The van der Waals surface area contributed by atoms with Gasteiger partial charge in [-0.15, -0.1) is 11.3 Å². The maximum atomic E-state index is 2.61. The maximum Gasteiger partial charge on any atom is 0.0547 e. The van der Waals surface area contributed by atoms with E-state index < -0.39 is 0 Å². The molecule has 5 aliphatic carbocycles. The molecule has 60 heavy (non-hydrogen) atoms. The molecular formula is C58H43NS. The Morgan fingerprint density at radius 3 is 1.70 bits per heavy atom. The Hall–Kier alpha value is -6.22. The van der Waals surface area contributed by atoms with Gasteiger partial charge in [-0.3, -0.25) is 0 Å². The van der Waals surface area contributed by atoms with Crippen molar-refractivity contribution in [1.82, 2.24) is 4.57 Å². The van der Waals surface area contributed by atoms with E-state index in [0.29, 0.717) is 0 Å². The van der Waals surface area contributed by atoms with Gasteiger partial charge >= 0.3 is 0 Å². The van der Waals surface area contributed by atoms with E-state index >= 15 is 0 Å². The molecule has 4 saturated carbocycles. The first-order chi connectivity index (χ1) is 29.7. The molecule has 15 rings (SSSR count). The van der Waals surface area contributed by atoms with Crippen molar-refractivity contribution in [3.05, 3.63) is 187 Å². The number of hydrogen-bond acceptors (Lipinski definition) is 1. The molecular weight excluding hydrogens is 743 g/mol. The van der Waals surface area contributed by atoms with Crippen LogP contribution in [-0.2, 0) is 5.41 Å². The lowest BCUT2D eigenvalue weighted by molar-refractivity contribution is -0.0399. The van der Waals surface area contributed by atoms with Gasteiger partial charge in [0, 0.05) is 42.0 Å². The Balaban J connectivity index is 0.804. The predicted octanol–water partition coefficient (Wildman–Crippen LogP) is 15.9. The van der Waals surface area contributed by atoms with Gasteiger partial charge in [-0.2, -0.15) is 0 Å². The number of para-hydroxylation sites is 1. The lowest BCUT2D eigenvalue weighted by Gasteiger charge is -2.61. The van der Waals surface area contributed by atoms with Crippen molar-refractivity contribution in [2.75, 3.05) is 0 Å². The van der Waals surface area contributed by atoms with E-state index in [2.05, 4.69) is 180 Å². The minimum absolute atomic E-state index is 0.197. The van der Waals surface area contributed by atoms with Gasteiger partial charge in [0.05, 0.1) is 11.0 Å². The summed E-state index contributed by atoms with van der Waals surface area (Å²) in [4.78, 5) is 0. The van der Waals surface area contributed by atoms with Crippen LogP contribution in [0.4, 0.5) is 0 Å². The second-order valence-corrected chi connectivity index (χ2v) is 19.6. The number of nitrogens with zero attached hydrogens (tertiary/aromatic N) is 1. The quantitative estimate of drug-likeness (QED) is 0.167. The van der Waals surface area contributed by atoms with Crippen LogP contribution in [0, 0.1) is 23.7 Å². The Morgan fingerprint density at radius 2 is 0.917 bits per heavy atom. The van der Waals surface area contributed by atoms with E-state index in [1.54, 1.807) is 11.1 Å². The lowest BCUT2D eigenvalue weighted by atomic mass is 9.43. The average molecular weight is 786 g/mol. The van der Waals surface area contributed by atoms with Gasteiger partial charge in [-0.05, 0) is 154 Å². The summed E-state index contributed by atoms with van der Waals surface area (Å²) in [6.45, 7) is 0. The van der Waals surface area contributed by atoms with Crippen LogP contribution < -0.4 is 0 Å². The Labute approximate surface area is 354 Å². The molecule has 2 heteroatoms. The molecule has 0 amide bonds. The summed E-state index contributed by atoms with van der Waals surface area (Å²) < 4.78 is 5.12. The molecule has 0 saturated heterocycles. The van der Waals surface area contributed by atoms with Crippen molar-refractivity contribution in [2.24, 2.45) is 23.7 Å². The zero-order valence-corrected chi connectivity index (χ0v) is 34.3. The Bertz CT molecular complexity index is 3350. The van der Waals surface area contributed by atoms with Gasteiger partial charge in [-0.1, -0.05) is 133 Å². The molecule has 0 N–H and O–H groups in total. The smallest absolute Gasteiger partial charge is 0.0547 e. The highest BCUT2D eigenvalue weighted by Gasteiger charge is 2.61. The van der Waals surface area contributed by atoms with E-state index in [1.165, 1.54) is 124 Å². The summed E-state index contributed by atoms with van der Waals surface area (Å²) in [5.74, 6) is 3.47. The monoisotopic (exact) mass is 785 g/mol. The summed E-state index contributed by atoms with van der Waals surface area (Å²) >= 11 is 1.88. The van der Waals surface area contributed by atoms with E-state index in [1.807, 2.05) is 11.3 Å². The zero-order chi connectivity index (χ0) is 39.1. The zero-order valence-electron chi connectivity index (χ0n) is 33.4. The van der Waals surface area contributed by atoms with E-state index in [-0.39, 0.29) is 5.41 Å². The number of benzene rings is 8. The van der Waals surface area contributed by atoms with Crippen LogP contribution in [-0.4, -0.2) is 4.57 Å². The van der Waals surface area contributed by atoms with Crippen molar-refractivity contribution >= 4 is 53.3 Å². The fourth-order valence-corrected chi connectivity index (χ4v) is 14.5. The first-order valence-corrected chi connectivity index (χ1v) is 22.9. The third-order valence-electron chi connectivity index (χ3n) is 15.6. The van der Waals surface area contributed by atoms with Crippen LogP contribution in [0.25, 0.3) is 92.2 Å². The molecule has 1 spiro atoms. The van der Waals surface area contributed by atoms with Crippen LogP contribution in [0.3, 0.4) is 0 Å². The molecule has 0 unspecified atom stereocenters. The van der Waals surface area contributed by atoms with Crippen LogP contribution in [0.15, 0.2) is 176 Å². The van der Waals surface area contributed by atoms with Crippen molar-refractivity contribution < 1.29 is 0 Å². The minimum atomic E-state index is 0.197. The van der Waals surface area contributed by atoms with Crippen molar-refractivity contribution in [2.45, 2.75) is 37.5 Å². The number of aromatic nitrogens is 1. The van der Waals surface area contributed by atoms with Crippen molar-refractivity contribution in [3.63, 3.8) is 0 Å².